The Balaban J connectivity index is 2.19. The molecule has 2 amide bonds. The van der Waals surface area contributed by atoms with Gasteiger partial charge in [-0.2, -0.15) is 0 Å². The first-order valence-electron chi connectivity index (χ1n) is 8.56. The van der Waals surface area contributed by atoms with E-state index in [1.54, 1.807) is 19.2 Å². The number of ether oxygens (including phenoxy) is 1. The van der Waals surface area contributed by atoms with E-state index in [4.69, 9.17) is 17.0 Å². The van der Waals surface area contributed by atoms with Gasteiger partial charge in [-0.1, -0.05) is 44.7 Å². The summed E-state index contributed by atoms with van der Waals surface area (Å²) in [4.78, 5) is 23.6. The Morgan fingerprint density at radius 3 is 2.32 bits per heavy atom. The smallest absolute Gasteiger partial charge is 0.242 e. The SMILES string of the molecule is CCCCCCCC(=O)NC(=S)NNC(=O)Cc1ccc(OC)cc1. The molecule has 138 valence electrons. The quantitative estimate of drug-likeness (QED) is 0.356. The van der Waals surface area contributed by atoms with E-state index in [0.717, 1.165) is 30.6 Å². The number of methoxy groups -OCH3 is 1. The highest BCUT2D eigenvalue weighted by molar-refractivity contribution is 7.80. The number of thiocarbonyl (C=S) groups is 1. The molecule has 7 heteroatoms. The number of nitrogens with one attached hydrogen (secondary N) is 3. The van der Waals surface area contributed by atoms with Crippen LogP contribution in [0.3, 0.4) is 0 Å². The molecule has 1 rings (SSSR count). The van der Waals surface area contributed by atoms with E-state index in [2.05, 4.69) is 23.1 Å². The van der Waals surface area contributed by atoms with E-state index < -0.39 is 0 Å². The number of unbranched alkanes of at least 4 members (excludes halogenated alkanes) is 4. The zero-order valence-corrected chi connectivity index (χ0v) is 15.7. The number of rotatable bonds is 9. The van der Waals surface area contributed by atoms with Gasteiger partial charge in [-0.05, 0) is 36.3 Å². The minimum absolute atomic E-state index is 0.0987. The highest BCUT2D eigenvalue weighted by atomic mass is 32.1. The van der Waals surface area contributed by atoms with Crippen molar-refractivity contribution in [2.24, 2.45) is 0 Å². The molecule has 0 saturated carbocycles. The van der Waals surface area contributed by atoms with Crippen molar-refractivity contribution in [3.05, 3.63) is 29.8 Å². The molecule has 6 nitrogen and oxygen atoms in total. The zero-order chi connectivity index (χ0) is 18.5. The molecular formula is C18H27N3O3S. The van der Waals surface area contributed by atoms with Crippen molar-refractivity contribution in [3.8, 4) is 5.75 Å². The first-order valence-corrected chi connectivity index (χ1v) is 8.97. The van der Waals surface area contributed by atoms with Crippen LogP contribution >= 0.6 is 12.2 Å². The summed E-state index contributed by atoms with van der Waals surface area (Å²) < 4.78 is 5.07. The van der Waals surface area contributed by atoms with Gasteiger partial charge in [0.1, 0.15) is 5.75 Å². The van der Waals surface area contributed by atoms with Crippen molar-refractivity contribution >= 4 is 29.1 Å². The molecule has 0 unspecified atom stereocenters. The van der Waals surface area contributed by atoms with Crippen LogP contribution in [0.2, 0.25) is 0 Å². The lowest BCUT2D eigenvalue weighted by Crippen LogP contribution is -2.48. The van der Waals surface area contributed by atoms with Crippen LogP contribution in [0.25, 0.3) is 0 Å². The lowest BCUT2D eigenvalue weighted by Gasteiger charge is -2.11. The molecule has 0 aromatic heterocycles. The van der Waals surface area contributed by atoms with Gasteiger partial charge in [-0.15, -0.1) is 0 Å². The Bertz CT molecular complexity index is 561. The van der Waals surface area contributed by atoms with Crippen LogP contribution in [0.1, 0.15) is 51.0 Å². The molecule has 0 atom stereocenters. The summed E-state index contributed by atoms with van der Waals surface area (Å²) in [7, 11) is 1.59. The Hall–Kier alpha value is -2.15. The second kappa shape index (κ2) is 12.2. The molecule has 1 aromatic carbocycles. The van der Waals surface area contributed by atoms with Gasteiger partial charge in [0, 0.05) is 6.42 Å². The van der Waals surface area contributed by atoms with Crippen LogP contribution < -0.4 is 20.9 Å². The molecular weight excluding hydrogens is 338 g/mol. The molecule has 0 spiro atoms. The van der Waals surface area contributed by atoms with Gasteiger partial charge in [0.2, 0.25) is 11.8 Å². The summed E-state index contributed by atoms with van der Waals surface area (Å²) in [6, 6.07) is 7.22. The standard InChI is InChI=1S/C18H27N3O3S/c1-3-4-5-6-7-8-16(22)19-18(25)21-20-17(23)13-14-9-11-15(24-2)12-10-14/h9-12H,3-8,13H2,1-2H3,(H,20,23)(H2,19,21,22,25). The highest BCUT2D eigenvalue weighted by Crippen LogP contribution is 2.11. The molecule has 1 aromatic rings. The number of hydrogen-bond acceptors (Lipinski definition) is 4. The minimum atomic E-state index is -0.249. The Kier molecular flexibility index (Phi) is 10.2. The molecule has 0 bridgehead atoms. The monoisotopic (exact) mass is 365 g/mol. The molecule has 25 heavy (non-hydrogen) atoms. The van der Waals surface area contributed by atoms with Crippen molar-refractivity contribution in [1.29, 1.82) is 0 Å². The maximum Gasteiger partial charge on any atom is 0.242 e. The van der Waals surface area contributed by atoms with Crippen molar-refractivity contribution in [2.45, 2.75) is 51.9 Å². The summed E-state index contributed by atoms with van der Waals surface area (Å²) in [5.74, 6) is 0.348. The Morgan fingerprint density at radius 2 is 1.68 bits per heavy atom. The topological polar surface area (TPSA) is 79.5 Å². The molecule has 0 aliphatic rings. The van der Waals surface area contributed by atoms with Gasteiger partial charge in [-0.3, -0.25) is 20.4 Å². The Morgan fingerprint density at radius 1 is 1.00 bits per heavy atom. The molecule has 0 heterocycles. The highest BCUT2D eigenvalue weighted by Gasteiger charge is 2.07. The average Bonchev–Trinajstić information content (AvgIpc) is 2.60. The molecule has 0 aliphatic heterocycles. The second-order valence-electron chi connectivity index (χ2n) is 5.74. The van der Waals surface area contributed by atoms with Gasteiger partial charge in [0.15, 0.2) is 5.11 Å². The number of carbonyl (C=O) groups excluding carboxylic acids is 2. The van der Waals surface area contributed by atoms with E-state index in [9.17, 15) is 9.59 Å². The third-order valence-electron chi connectivity index (χ3n) is 3.60. The number of carbonyl (C=O) groups is 2. The number of hydrogen-bond donors (Lipinski definition) is 3. The van der Waals surface area contributed by atoms with Gasteiger partial charge in [-0.25, -0.2) is 0 Å². The zero-order valence-electron chi connectivity index (χ0n) is 14.9. The van der Waals surface area contributed by atoms with Crippen LogP contribution in [0.4, 0.5) is 0 Å². The molecule has 0 radical (unpaired) electrons. The maximum atomic E-state index is 11.9. The number of benzene rings is 1. The molecule has 0 saturated heterocycles. The van der Waals surface area contributed by atoms with Crippen molar-refractivity contribution < 1.29 is 14.3 Å². The van der Waals surface area contributed by atoms with Crippen LogP contribution in [0.5, 0.6) is 5.75 Å². The third-order valence-corrected chi connectivity index (χ3v) is 3.80. The predicted octanol–water partition coefficient (Wildman–Crippen LogP) is 2.62. The van der Waals surface area contributed by atoms with Crippen molar-refractivity contribution in [3.63, 3.8) is 0 Å². The van der Waals surface area contributed by atoms with Crippen molar-refractivity contribution in [1.82, 2.24) is 16.2 Å². The molecule has 0 aliphatic carbocycles. The lowest BCUT2D eigenvalue weighted by molar-refractivity contribution is -0.122. The van der Waals surface area contributed by atoms with E-state index in [-0.39, 0.29) is 23.3 Å². The van der Waals surface area contributed by atoms with E-state index >= 15 is 0 Å². The fraction of sp³-hybridized carbons (Fsp3) is 0.500. The van der Waals surface area contributed by atoms with E-state index in [0.29, 0.717) is 6.42 Å². The van der Waals surface area contributed by atoms with Gasteiger partial charge in [0.25, 0.3) is 0 Å². The predicted molar refractivity (Wildman–Crippen MR) is 102 cm³/mol. The van der Waals surface area contributed by atoms with Crippen LogP contribution in [0.15, 0.2) is 24.3 Å². The number of amides is 2. The Labute approximate surface area is 154 Å². The van der Waals surface area contributed by atoms with Crippen LogP contribution in [0, 0.1) is 0 Å². The largest absolute Gasteiger partial charge is 0.497 e. The summed E-state index contributed by atoms with van der Waals surface area (Å²) in [5, 5.41) is 2.65. The summed E-state index contributed by atoms with van der Waals surface area (Å²) in [5.41, 5.74) is 5.86. The maximum absolute atomic E-state index is 11.9. The first-order chi connectivity index (χ1) is 12.0. The van der Waals surface area contributed by atoms with Gasteiger partial charge >= 0.3 is 0 Å². The lowest BCUT2D eigenvalue weighted by atomic mass is 10.1. The first kappa shape index (κ1) is 20.9. The summed E-state index contributed by atoms with van der Waals surface area (Å²) in [6.07, 6.45) is 6.04. The fourth-order valence-corrected chi connectivity index (χ4v) is 2.37. The van der Waals surface area contributed by atoms with Crippen molar-refractivity contribution in [2.75, 3.05) is 7.11 Å². The molecule has 3 N–H and O–H groups in total. The molecule has 0 fully saturated rings. The number of hydrazine groups is 1. The fourth-order valence-electron chi connectivity index (χ4n) is 2.21. The summed E-state index contributed by atoms with van der Waals surface area (Å²) >= 11 is 4.99. The minimum Gasteiger partial charge on any atom is -0.497 e. The van der Waals surface area contributed by atoms with Crippen LogP contribution in [-0.2, 0) is 16.0 Å². The third kappa shape index (κ3) is 9.66. The van der Waals surface area contributed by atoms with E-state index in [1.165, 1.54) is 12.8 Å². The second-order valence-corrected chi connectivity index (χ2v) is 6.15. The van der Waals surface area contributed by atoms with Crippen LogP contribution in [-0.4, -0.2) is 24.0 Å². The normalized spacial score (nSPS) is 10.0. The average molecular weight is 365 g/mol. The van der Waals surface area contributed by atoms with Gasteiger partial charge < -0.3 is 10.1 Å². The summed E-state index contributed by atoms with van der Waals surface area (Å²) in [6.45, 7) is 2.15. The van der Waals surface area contributed by atoms with E-state index in [1.807, 2.05) is 12.1 Å². The van der Waals surface area contributed by atoms with Gasteiger partial charge in [0.05, 0.1) is 13.5 Å².